The van der Waals surface area contributed by atoms with Gasteiger partial charge < -0.3 is 14.6 Å². The topological polar surface area (TPSA) is 93.1 Å². The first-order valence-electron chi connectivity index (χ1n) is 29.9. The standard InChI is InChI=1S/C9H18.C9H12.2C9H20.C7H17NO2S.C7H12O2.C5H12.C4H10O.C4H10.C3H8O/c2*1-8(2)9-6-4-3-5-7-9;1-8(2)6-5-7-9(3)4;1-5-6-9(4)7-8(2)3;1-7(2)5-6-11(9,10)8(3)4;1-4-5-7(8)9-6(2)3;1-4-5(2)3;1-4(2)5-3;1-4(2)3;1-3(2)4/h8-9H,3-7H2,1-2H3;3-8H,1-2H3;2*8-9H,5-7H2,1-4H3;7H,5-6H2,1-4H3;4,6H,1,5H2,2-3H3;5H,4H2,1-3H3;4H,1-3H3;4H,1-3H3;3-4H,1-2H3. The van der Waals surface area contributed by atoms with Gasteiger partial charge >= 0.3 is 5.97 Å². The van der Waals surface area contributed by atoms with Crippen LogP contribution in [0, 0.1) is 53.3 Å². The summed E-state index contributed by atoms with van der Waals surface area (Å²) in [4.78, 5) is 10.6. The minimum absolute atomic E-state index is 0.0163. The average Bonchev–Trinajstić information content (AvgIpc) is 3.27. The van der Waals surface area contributed by atoms with E-state index in [2.05, 4.69) is 155 Å². The molecular formula is C66H139NO6S. The van der Waals surface area contributed by atoms with Crippen molar-refractivity contribution < 1.29 is 27.8 Å². The maximum atomic E-state index is 11.2. The van der Waals surface area contributed by atoms with Crippen LogP contribution in [-0.2, 0) is 24.3 Å². The summed E-state index contributed by atoms with van der Waals surface area (Å²) in [5.41, 5.74) is 1.41. The second-order valence-electron chi connectivity index (χ2n) is 24.7. The first-order chi connectivity index (χ1) is 33.9. The summed E-state index contributed by atoms with van der Waals surface area (Å²) in [7, 11) is 1.87. The zero-order chi connectivity index (χ0) is 60.0. The number of aliphatic hydroxyl groups excluding tert-OH is 1. The van der Waals surface area contributed by atoms with E-state index < -0.39 is 10.0 Å². The van der Waals surface area contributed by atoms with Crippen LogP contribution >= 0.6 is 0 Å². The zero-order valence-corrected chi connectivity index (χ0v) is 56.4. The first-order valence-corrected chi connectivity index (χ1v) is 31.5. The Kier molecular flexibility index (Phi) is 74.6. The van der Waals surface area contributed by atoms with E-state index in [-0.39, 0.29) is 23.9 Å². The fourth-order valence-electron chi connectivity index (χ4n) is 5.98. The first kappa shape index (κ1) is 88.9. The molecule has 0 heterocycles. The Morgan fingerprint density at radius 3 is 1.28 bits per heavy atom. The number of hydrogen-bond donors (Lipinski definition) is 1. The third-order valence-corrected chi connectivity index (χ3v) is 12.6. The van der Waals surface area contributed by atoms with Gasteiger partial charge in [0.25, 0.3) is 0 Å². The highest BCUT2D eigenvalue weighted by Gasteiger charge is 2.16. The number of aliphatic hydroxyl groups is 1. The van der Waals surface area contributed by atoms with Gasteiger partial charge in [-0.3, -0.25) is 4.79 Å². The lowest BCUT2D eigenvalue weighted by atomic mass is 9.82. The van der Waals surface area contributed by atoms with Gasteiger partial charge in [-0.1, -0.05) is 246 Å². The summed E-state index contributed by atoms with van der Waals surface area (Å²) < 4.78 is 33.1. The fourth-order valence-corrected chi connectivity index (χ4v) is 7.12. The Labute approximate surface area is 468 Å². The fraction of sp³-hybridized carbons (Fsp3) is 0.864. The third-order valence-electron chi connectivity index (χ3n) is 10.8. The van der Waals surface area contributed by atoms with Crippen LogP contribution in [0.25, 0.3) is 0 Å². The van der Waals surface area contributed by atoms with E-state index in [4.69, 9.17) is 14.6 Å². The van der Waals surface area contributed by atoms with Crippen molar-refractivity contribution in [1.82, 2.24) is 4.31 Å². The molecule has 1 aromatic rings. The van der Waals surface area contributed by atoms with E-state index in [1.54, 1.807) is 35.1 Å². The van der Waals surface area contributed by atoms with Crippen molar-refractivity contribution in [2.75, 3.05) is 27.0 Å². The van der Waals surface area contributed by atoms with Gasteiger partial charge in [-0.2, -0.15) is 0 Å². The van der Waals surface area contributed by atoms with Crippen LogP contribution in [0.15, 0.2) is 43.0 Å². The monoisotopic (exact) mass is 1070 g/mol. The van der Waals surface area contributed by atoms with Gasteiger partial charge in [0.2, 0.25) is 10.0 Å². The lowest BCUT2D eigenvalue weighted by Crippen LogP contribution is -2.25. The molecule has 1 aromatic carbocycles. The molecule has 2 rings (SSSR count). The van der Waals surface area contributed by atoms with E-state index in [9.17, 15) is 13.2 Å². The zero-order valence-electron chi connectivity index (χ0n) is 55.6. The van der Waals surface area contributed by atoms with Gasteiger partial charge in [0, 0.05) is 27.3 Å². The van der Waals surface area contributed by atoms with E-state index in [0.29, 0.717) is 24.4 Å². The highest BCUT2D eigenvalue weighted by molar-refractivity contribution is 7.89. The molecule has 1 aliphatic carbocycles. The molecule has 1 N–H and O–H groups in total. The second kappa shape index (κ2) is 62.1. The number of ether oxygens (including phenoxy) is 2. The van der Waals surface area contributed by atoms with Crippen LogP contribution in [-0.4, -0.2) is 69.1 Å². The van der Waals surface area contributed by atoms with Crippen LogP contribution in [0.2, 0.25) is 0 Å². The summed E-state index contributed by atoms with van der Waals surface area (Å²) in [6, 6.07) is 10.5. The molecule has 0 spiro atoms. The largest absolute Gasteiger partial charge is 0.463 e. The molecule has 0 amide bonds. The SMILES string of the molecule is C=CCC(=O)OC(C)C.CC(C)C.CC(C)C1CCCCC1.CC(C)CCCC(C)C.CC(C)CCS(=O)(=O)N(C)C.CC(C)O.CC(C)c1ccccc1.CCC(C)C.CCCC(C)CC(C)C.COC(C)C. The Balaban J connectivity index is -0.000000111. The molecule has 1 fully saturated rings. The van der Waals surface area contributed by atoms with E-state index in [1.807, 2.05) is 47.6 Å². The summed E-state index contributed by atoms with van der Waals surface area (Å²) in [6.07, 6.45) is 19.9. The molecule has 1 aliphatic rings. The van der Waals surface area contributed by atoms with Gasteiger partial charge in [-0.15, -0.1) is 6.58 Å². The number of hydrogen-bond acceptors (Lipinski definition) is 6. The number of nitrogens with zero attached hydrogens (tertiary/aromatic N) is 1. The smallest absolute Gasteiger partial charge is 0.309 e. The number of esters is 1. The Bertz CT molecular complexity index is 1280. The van der Waals surface area contributed by atoms with Gasteiger partial charge in [0.1, 0.15) is 0 Å². The molecule has 8 heteroatoms. The molecule has 0 bridgehead atoms. The third kappa shape index (κ3) is 99.3. The van der Waals surface area contributed by atoms with Crippen molar-refractivity contribution in [3.8, 4) is 0 Å². The van der Waals surface area contributed by atoms with Crippen LogP contribution in [0.1, 0.15) is 281 Å². The maximum Gasteiger partial charge on any atom is 0.309 e. The molecule has 7 nitrogen and oxygen atoms in total. The second-order valence-corrected chi connectivity index (χ2v) is 27.0. The number of carbonyl (C=O) groups is 1. The summed E-state index contributed by atoms with van der Waals surface area (Å²) >= 11 is 0. The molecule has 0 radical (unpaired) electrons. The number of methoxy groups -OCH3 is 1. The highest BCUT2D eigenvalue weighted by Crippen LogP contribution is 2.29. The van der Waals surface area contributed by atoms with Crippen molar-refractivity contribution in [1.29, 1.82) is 0 Å². The molecule has 1 saturated carbocycles. The molecule has 0 aromatic heterocycles. The Morgan fingerprint density at radius 1 is 0.662 bits per heavy atom. The van der Waals surface area contributed by atoms with Crippen LogP contribution in [0.4, 0.5) is 0 Å². The molecule has 450 valence electrons. The lowest BCUT2D eigenvalue weighted by Gasteiger charge is -2.24. The summed E-state index contributed by atoms with van der Waals surface area (Å²) in [5.74, 6) is 8.47. The number of sulfonamides is 1. The lowest BCUT2D eigenvalue weighted by molar-refractivity contribution is -0.146. The molecular weight excluding hydrogens is 935 g/mol. The van der Waals surface area contributed by atoms with Gasteiger partial charge in [0.15, 0.2) is 0 Å². The van der Waals surface area contributed by atoms with Gasteiger partial charge in [0.05, 0.1) is 24.4 Å². The van der Waals surface area contributed by atoms with E-state index in [1.165, 1.54) is 93.0 Å². The normalized spacial score (nSPS) is 12.5. The van der Waals surface area contributed by atoms with Crippen LogP contribution < -0.4 is 0 Å². The number of rotatable bonds is 19. The van der Waals surface area contributed by atoms with Crippen molar-refractivity contribution in [2.24, 2.45) is 53.3 Å². The highest BCUT2D eigenvalue weighted by atomic mass is 32.2. The summed E-state index contributed by atoms with van der Waals surface area (Å²) in [5, 5.41) is 8.06. The average molecular weight is 1070 g/mol. The van der Waals surface area contributed by atoms with Crippen molar-refractivity contribution >= 4 is 16.0 Å². The Morgan fingerprint density at radius 2 is 1.05 bits per heavy atom. The predicted molar refractivity (Wildman–Crippen MR) is 337 cm³/mol. The summed E-state index contributed by atoms with van der Waals surface area (Å²) in [6.45, 7) is 59.2. The van der Waals surface area contributed by atoms with Gasteiger partial charge in [-0.05, 0) is 119 Å². The minimum atomic E-state index is -2.96. The minimum Gasteiger partial charge on any atom is -0.463 e. The molecule has 1 atom stereocenters. The van der Waals surface area contributed by atoms with E-state index >= 15 is 0 Å². The predicted octanol–water partition coefficient (Wildman–Crippen LogP) is 20.6. The molecule has 0 aliphatic heterocycles. The Hall–Kier alpha value is -1.74. The van der Waals surface area contributed by atoms with Crippen molar-refractivity contribution in [3.63, 3.8) is 0 Å². The van der Waals surface area contributed by atoms with Crippen molar-refractivity contribution in [2.45, 2.75) is 294 Å². The molecule has 1 unspecified atom stereocenters. The van der Waals surface area contributed by atoms with E-state index in [0.717, 1.165) is 53.8 Å². The quantitative estimate of drug-likeness (QED) is 0.110. The molecule has 74 heavy (non-hydrogen) atoms. The van der Waals surface area contributed by atoms with Gasteiger partial charge in [-0.25, -0.2) is 12.7 Å². The molecule has 0 saturated heterocycles. The van der Waals surface area contributed by atoms with Crippen LogP contribution in [0.3, 0.4) is 0 Å². The number of benzene rings is 1. The van der Waals surface area contributed by atoms with Crippen molar-refractivity contribution in [3.05, 3.63) is 48.6 Å². The maximum absolute atomic E-state index is 11.2. The number of carbonyl (C=O) groups excluding carboxylic acids is 1. The van der Waals surface area contributed by atoms with Crippen LogP contribution in [0.5, 0.6) is 0 Å².